The van der Waals surface area contributed by atoms with Gasteiger partial charge in [-0.05, 0) is 30.3 Å². The molecule has 1 unspecified atom stereocenters. The lowest BCUT2D eigenvalue weighted by atomic mass is 10.3. The van der Waals surface area contributed by atoms with E-state index >= 15 is 0 Å². The Morgan fingerprint density at radius 1 is 1.24 bits per heavy atom. The van der Waals surface area contributed by atoms with E-state index in [0.29, 0.717) is 28.7 Å². The van der Waals surface area contributed by atoms with Crippen LogP contribution in [0.15, 0.2) is 36.5 Å². The number of anilines is 3. The van der Waals surface area contributed by atoms with Gasteiger partial charge < -0.3 is 15.2 Å². The van der Waals surface area contributed by atoms with Crippen LogP contribution in [0.25, 0.3) is 11.0 Å². The van der Waals surface area contributed by atoms with Gasteiger partial charge in [0, 0.05) is 37.1 Å². The van der Waals surface area contributed by atoms with Crippen LogP contribution in [-0.4, -0.2) is 48.6 Å². The number of hydrogen-bond donors (Lipinski definition) is 4. The molecule has 0 aliphatic carbocycles. The molecule has 0 saturated heterocycles. The van der Waals surface area contributed by atoms with Crippen LogP contribution in [-0.2, 0) is 11.3 Å². The average molecular weight is 360 g/mol. The minimum Gasteiger partial charge on any atom is -0.344 e. The highest BCUT2D eigenvalue weighted by molar-refractivity contribution is 7.80. The number of nitrogens with one attached hydrogen (secondary N) is 3. The second-order valence-electron chi connectivity index (χ2n) is 5.43. The second-order valence-corrected chi connectivity index (χ2v) is 6.14. The Morgan fingerprint density at radius 2 is 1.92 bits per heavy atom. The first-order valence-corrected chi connectivity index (χ1v) is 8.35. The predicted molar refractivity (Wildman–Crippen MR) is 96.0 cm³/mol. The summed E-state index contributed by atoms with van der Waals surface area (Å²) in [4.78, 5) is 25.0. The highest BCUT2D eigenvalue weighted by Crippen LogP contribution is 2.19. The number of aromatic amines is 1. The molecule has 0 spiro atoms. The summed E-state index contributed by atoms with van der Waals surface area (Å²) in [5.41, 5.74) is 2.22. The van der Waals surface area contributed by atoms with Gasteiger partial charge in [0.2, 0.25) is 5.95 Å². The van der Waals surface area contributed by atoms with E-state index in [1.54, 1.807) is 50.6 Å². The molecule has 2 aromatic heterocycles. The number of hydrogen-bond acceptors (Lipinski definition) is 5. The molecule has 0 fully saturated rings. The molecule has 130 valence electrons. The van der Waals surface area contributed by atoms with Crippen molar-refractivity contribution in [3.8, 4) is 0 Å². The summed E-state index contributed by atoms with van der Waals surface area (Å²) in [5, 5.41) is 3.77. The van der Waals surface area contributed by atoms with E-state index in [1.807, 2.05) is 0 Å². The monoisotopic (exact) mass is 360 g/mol. The van der Waals surface area contributed by atoms with Crippen LogP contribution >= 0.6 is 0 Å². The summed E-state index contributed by atoms with van der Waals surface area (Å²) in [7, 11) is 3.36. The van der Waals surface area contributed by atoms with E-state index in [9.17, 15) is 9.00 Å². The predicted octanol–water partition coefficient (Wildman–Crippen LogP) is 1.95. The third-order valence-electron chi connectivity index (χ3n) is 3.35. The van der Waals surface area contributed by atoms with Gasteiger partial charge in [-0.25, -0.2) is 9.19 Å². The van der Waals surface area contributed by atoms with Crippen molar-refractivity contribution in [3.05, 3.63) is 42.2 Å². The lowest BCUT2D eigenvalue weighted by Gasteiger charge is -2.07. The molecule has 1 aromatic carbocycles. The standard InChI is InChI=1S/C15H16N6O3S/c1-21(2)14(22)12-7-9-8-16-15(19-13(9)18-12)17-10-3-5-11(6-4-10)20-25(23)24/h3-8,20H,1-2H3,(H,23,24)(H2,16,17,18,19). The largest absolute Gasteiger partial charge is 0.344 e. The molecule has 3 aromatic rings. The molecule has 25 heavy (non-hydrogen) atoms. The Bertz CT molecular complexity index is 938. The van der Waals surface area contributed by atoms with E-state index in [1.165, 1.54) is 4.90 Å². The average Bonchev–Trinajstić information content (AvgIpc) is 2.98. The van der Waals surface area contributed by atoms with Crippen molar-refractivity contribution in [3.63, 3.8) is 0 Å². The molecule has 10 heteroatoms. The topological polar surface area (TPSA) is 123 Å². The van der Waals surface area contributed by atoms with Gasteiger partial charge in [-0.15, -0.1) is 0 Å². The lowest BCUT2D eigenvalue weighted by Crippen LogP contribution is -2.21. The fourth-order valence-electron chi connectivity index (χ4n) is 2.18. The number of carbonyl (C=O) groups excluding carboxylic acids is 1. The Labute approximate surface area is 145 Å². The first kappa shape index (κ1) is 16.9. The van der Waals surface area contributed by atoms with E-state index < -0.39 is 11.3 Å². The number of fused-ring (bicyclic) bond motifs is 1. The molecule has 0 saturated carbocycles. The first-order chi connectivity index (χ1) is 11.9. The maximum absolute atomic E-state index is 12.0. The molecule has 0 radical (unpaired) electrons. The zero-order chi connectivity index (χ0) is 18.0. The van der Waals surface area contributed by atoms with Crippen molar-refractivity contribution in [2.45, 2.75) is 0 Å². The Hall–Kier alpha value is -2.98. The van der Waals surface area contributed by atoms with E-state index in [4.69, 9.17) is 4.55 Å². The minimum atomic E-state index is -2.11. The van der Waals surface area contributed by atoms with Crippen LogP contribution in [0, 0.1) is 0 Å². The van der Waals surface area contributed by atoms with E-state index in [-0.39, 0.29) is 5.91 Å². The lowest BCUT2D eigenvalue weighted by molar-refractivity contribution is 0.0823. The highest BCUT2D eigenvalue weighted by atomic mass is 32.2. The Balaban J connectivity index is 1.79. The number of amides is 1. The number of rotatable bonds is 5. The maximum atomic E-state index is 12.0. The summed E-state index contributed by atoms with van der Waals surface area (Å²) in [6, 6.07) is 8.45. The zero-order valence-electron chi connectivity index (χ0n) is 13.5. The van der Waals surface area contributed by atoms with Crippen molar-refractivity contribution in [2.24, 2.45) is 0 Å². The van der Waals surface area contributed by atoms with Gasteiger partial charge in [-0.2, -0.15) is 4.98 Å². The fourth-order valence-corrected chi connectivity index (χ4v) is 2.52. The van der Waals surface area contributed by atoms with Crippen molar-refractivity contribution in [1.29, 1.82) is 0 Å². The van der Waals surface area contributed by atoms with Crippen molar-refractivity contribution < 1.29 is 13.6 Å². The minimum absolute atomic E-state index is 0.142. The van der Waals surface area contributed by atoms with E-state index in [0.717, 1.165) is 5.39 Å². The molecule has 2 heterocycles. The number of H-pyrrole nitrogens is 1. The quantitative estimate of drug-likeness (QED) is 0.516. The van der Waals surface area contributed by atoms with Gasteiger partial charge >= 0.3 is 0 Å². The molecule has 0 aliphatic heterocycles. The van der Waals surface area contributed by atoms with Gasteiger partial charge in [0.05, 0.1) is 0 Å². The number of aromatic nitrogens is 3. The molecule has 3 rings (SSSR count). The Morgan fingerprint density at radius 3 is 2.56 bits per heavy atom. The van der Waals surface area contributed by atoms with Crippen LogP contribution in [0.4, 0.5) is 17.3 Å². The third kappa shape index (κ3) is 3.92. The molecule has 4 N–H and O–H groups in total. The molecule has 0 bridgehead atoms. The van der Waals surface area contributed by atoms with E-state index in [2.05, 4.69) is 25.0 Å². The van der Waals surface area contributed by atoms with Gasteiger partial charge in [-0.3, -0.25) is 14.1 Å². The number of nitrogens with zero attached hydrogens (tertiary/aromatic N) is 3. The summed E-state index contributed by atoms with van der Waals surface area (Å²) >= 11 is -2.11. The van der Waals surface area contributed by atoms with Crippen LogP contribution in [0.3, 0.4) is 0 Å². The summed E-state index contributed by atoms with van der Waals surface area (Å²) in [6.07, 6.45) is 1.62. The summed E-state index contributed by atoms with van der Waals surface area (Å²) in [5.74, 6) is 0.224. The van der Waals surface area contributed by atoms with Gasteiger partial charge in [0.15, 0.2) is 0 Å². The van der Waals surface area contributed by atoms with Crippen molar-refractivity contribution >= 4 is 45.5 Å². The summed E-state index contributed by atoms with van der Waals surface area (Å²) < 4.78 is 21.8. The van der Waals surface area contributed by atoms with Crippen LogP contribution in [0.1, 0.15) is 10.5 Å². The van der Waals surface area contributed by atoms with Gasteiger partial charge in [-0.1, -0.05) is 0 Å². The highest BCUT2D eigenvalue weighted by Gasteiger charge is 2.12. The molecular weight excluding hydrogens is 344 g/mol. The number of benzene rings is 1. The third-order valence-corrected chi connectivity index (χ3v) is 3.76. The summed E-state index contributed by atoms with van der Waals surface area (Å²) in [6.45, 7) is 0. The smallest absolute Gasteiger partial charge is 0.269 e. The second kappa shape index (κ2) is 6.87. The van der Waals surface area contributed by atoms with Crippen molar-refractivity contribution in [1.82, 2.24) is 19.9 Å². The molecule has 0 aliphatic rings. The SMILES string of the molecule is CN(C)C(=O)c1cc2cnc(Nc3ccc(NS(=O)O)cc3)nc2[nH]1. The molecule has 9 nitrogen and oxygen atoms in total. The molecule has 1 amide bonds. The first-order valence-electron chi connectivity index (χ1n) is 7.24. The Kier molecular flexibility index (Phi) is 4.63. The van der Waals surface area contributed by atoms with Crippen LogP contribution in [0.5, 0.6) is 0 Å². The van der Waals surface area contributed by atoms with Crippen LogP contribution in [0.2, 0.25) is 0 Å². The maximum Gasteiger partial charge on any atom is 0.269 e. The van der Waals surface area contributed by atoms with Crippen molar-refractivity contribution in [2.75, 3.05) is 24.1 Å². The fraction of sp³-hybridized carbons (Fsp3) is 0.133. The van der Waals surface area contributed by atoms with Gasteiger partial charge in [0.25, 0.3) is 17.2 Å². The normalized spacial score (nSPS) is 12.0. The molecular formula is C15H16N6O3S. The zero-order valence-corrected chi connectivity index (χ0v) is 14.3. The van der Waals surface area contributed by atoms with Gasteiger partial charge in [0.1, 0.15) is 11.3 Å². The number of carbonyl (C=O) groups is 1. The molecule has 1 atom stereocenters. The van der Waals surface area contributed by atoms with Crippen LogP contribution < -0.4 is 10.0 Å².